The number of rotatable bonds is 2. The molecule has 5 heteroatoms. The van der Waals surface area contributed by atoms with Crippen molar-refractivity contribution in [2.75, 3.05) is 7.11 Å². The van der Waals surface area contributed by atoms with E-state index in [-0.39, 0.29) is 6.04 Å². The van der Waals surface area contributed by atoms with Crippen LogP contribution in [0.15, 0.2) is 65.5 Å². The van der Waals surface area contributed by atoms with Crippen LogP contribution in [-0.2, 0) is 0 Å². The zero-order chi connectivity index (χ0) is 18.4. The fourth-order valence-corrected chi connectivity index (χ4v) is 4.33. The van der Waals surface area contributed by atoms with E-state index in [4.69, 9.17) is 14.6 Å². The van der Waals surface area contributed by atoms with E-state index in [9.17, 15) is 5.11 Å². The van der Waals surface area contributed by atoms with Crippen LogP contribution in [0, 0.1) is 0 Å². The number of nitrogens with zero attached hydrogens (tertiary/aromatic N) is 2. The quantitative estimate of drug-likeness (QED) is 0.851. The van der Waals surface area contributed by atoms with Crippen molar-refractivity contribution in [3.8, 4) is 11.5 Å². The van der Waals surface area contributed by atoms with Crippen molar-refractivity contribution < 1.29 is 14.6 Å². The summed E-state index contributed by atoms with van der Waals surface area (Å²) in [5.74, 6) is 2.10. The van der Waals surface area contributed by atoms with E-state index < -0.39 is 5.72 Å². The van der Waals surface area contributed by atoms with E-state index in [1.54, 1.807) is 7.11 Å². The van der Waals surface area contributed by atoms with Crippen molar-refractivity contribution >= 4 is 5.71 Å². The minimum Gasteiger partial charge on any atom is -0.512 e. The van der Waals surface area contributed by atoms with Gasteiger partial charge in [0.2, 0.25) is 5.72 Å². The summed E-state index contributed by atoms with van der Waals surface area (Å²) in [6.45, 7) is 0. The summed E-state index contributed by atoms with van der Waals surface area (Å²) in [4.78, 5) is 0. The summed E-state index contributed by atoms with van der Waals surface area (Å²) in [6.07, 6.45) is 5.03. The average molecular weight is 362 g/mol. The van der Waals surface area contributed by atoms with Crippen molar-refractivity contribution in [2.45, 2.75) is 37.5 Å². The molecule has 3 aliphatic rings. The molecular formula is C22H22N2O3. The number of hydrogen-bond acceptors (Lipinski definition) is 5. The Morgan fingerprint density at radius 2 is 2.00 bits per heavy atom. The van der Waals surface area contributed by atoms with Gasteiger partial charge in [-0.05, 0) is 42.3 Å². The third-order valence-electron chi connectivity index (χ3n) is 5.65. The highest BCUT2D eigenvalue weighted by Gasteiger charge is 2.50. The van der Waals surface area contributed by atoms with Crippen LogP contribution in [0.25, 0.3) is 0 Å². The van der Waals surface area contributed by atoms with Gasteiger partial charge in [-0.15, -0.1) is 0 Å². The largest absolute Gasteiger partial charge is 0.512 e. The first-order valence-corrected chi connectivity index (χ1v) is 9.38. The van der Waals surface area contributed by atoms with E-state index in [1.165, 1.54) is 0 Å². The topological polar surface area (TPSA) is 54.3 Å². The minimum absolute atomic E-state index is 0.106. The normalized spacial score (nSPS) is 26.0. The highest BCUT2D eigenvalue weighted by atomic mass is 16.5. The Morgan fingerprint density at radius 1 is 1.19 bits per heavy atom. The maximum atomic E-state index is 10.2. The lowest BCUT2D eigenvalue weighted by Crippen LogP contribution is -2.53. The number of allylic oxidation sites excluding steroid dienone is 1. The third-order valence-corrected chi connectivity index (χ3v) is 5.65. The van der Waals surface area contributed by atoms with Gasteiger partial charge in [0, 0.05) is 30.9 Å². The highest BCUT2D eigenvalue weighted by molar-refractivity contribution is 6.02. The van der Waals surface area contributed by atoms with Crippen LogP contribution in [0.3, 0.4) is 0 Å². The molecule has 0 saturated heterocycles. The summed E-state index contributed by atoms with van der Waals surface area (Å²) < 4.78 is 11.7. The second-order valence-corrected chi connectivity index (χ2v) is 7.31. The molecule has 2 aromatic carbocycles. The maximum absolute atomic E-state index is 10.2. The molecule has 1 N–H and O–H groups in total. The van der Waals surface area contributed by atoms with Gasteiger partial charge in [0.15, 0.2) is 0 Å². The average Bonchev–Trinajstić information content (AvgIpc) is 3.15. The van der Waals surface area contributed by atoms with Gasteiger partial charge in [0.1, 0.15) is 11.5 Å². The van der Waals surface area contributed by atoms with Gasteiger partial charge < -0.3 is 14.6 Å². The van der Waals surface area contributed by atoms with E-state index in [2.05, 4.69) is 11.1 Å². The first-order chi connectivity index (χ1) is 13.2. The number of methoxy groups -OCH3 is 1. The molecule has 138 valence electrons. The first-order valence-electron chi connectivity index (χ1n) is 9.38. The SMILES string of the molecule is COc1ccc(C2=NN3[C@H](C2)c2ccccc2O[C@@]32C=C(O)CCC2)cc1. The lowest BCUT2D eigenvalue weighted by Gasteiger charge is -2.47. The summed E-state index contributed by atoms with van der Waals surface area (Å²) >= 11 is 0. The molecule has 5 rings (SSSR count). The molecule has 0 unspecified atom stereocenters. The van der Waals surface area contributed by atoms with Crippen LogP contribution in [0.4, 0.5) is 0 Å². The highest BCUT2D eigenvalue weighted by Crippen LogP contribution is 2.50. The van der Waals surface area contributed by atoms with Crippen LogP contribution < -0.4 is 9.47 Å². The Hall–Kier alpha value is -2.95. The molecule has 2 atom stereocenters. The van der Waals surface area contributed by atoms with Gasteiger partial charge >= 0.3 is 0 Å². The van der Waals surface area contributed by atoms with Gasteiger partial charge in [-0.25, -0.2) is 5.01 Å². The second-order valence-electron chi connectivity index (χ2n) is 7.31. The molecule has 0 fully saturated rings. The summed E-state index contributed by atoms with van der Waals surface area (Å²) in [6, 6.07) is 16.3. The number of hydrogen-bond donors (Lipinski definition) is 1. The molecule has 0 radical (unpaired) electrons. The van der Waals surface area contributed by atoms with Crippen LogP contribution in [0.2, 0.25) is 0 Å². The van der Waals surface area contributed by atoms with E-state index in [0.717, 1.165) is 47.6 Å². The molecule has 0 aromatic heterocycles. The molecular weight excluding hydrogens is 340 g/mol. The number of ether oxygens (including phenoxy) is 2. The second kappa shape index (κ2) is 6.05. The van der Waals surface area contributed by atoms with E-state index in [0.29, 0.717) is 12.2 Å². The third kappa shape index (κ3) is 2.57. The Labute approximate surface area is 158 Å². The van der Waals surface area contributed by atoms with Gasteiger partial charge in [-0.3, -0.25) is 0 Å². The number of fused-ring (bicyclic) bond motifs is 4. The smallest absolute Gasteiger partial charge is 0.220 e. The number of benzene rings is 2. The van der Waals surface area contributed by atoms with Crippen LogP contribution in [0.1, 0.15) is 42.9 Å². The van der Waals surface area contributed by atoms with Crippen molar-refractivity contribution in [1.29, 1.82) is 0 Å². The zero-order valence-corrected chi connectivity index (χ0v) is 15.3. The Kier molecular flexibility index (Phi) is 3.64. The first kappa shape index (κ1) is 16.2. The monoisotopic (exact) mass is 362 g/mol. The van der Waals surface area contributed by atoms with Gasteiger partial charge in [-0.2, -0.15) is 5.10 Å². The van der Waals surface area contributed by atoms with Crippen molar-refractivity contribution in [3.63, 3.8) is 0 Å². The minimum atomic E-state index is -0.713. The molecule has 5 nitrogen and oxygen atoms in total. The molecule has 0 saturated carbocycles. The summed E-state index contributed by atoms with van der Waals surface area (Å²) in [5, 5.41) is 17.3. The summed E-state index contributed by atoms with van der Waals surface area (Å²) in [5.41, 5.74) is 2.55. The van der Waals surface area contributed by atoms with Crippen molar-refractivity contribution in [2.24, 2.45) is 5.10 Å². The van der Waals surface area contributed by atoms with Crippen molar-refractivity contribution in [3.05, 3.63) is 71.5 Å². The lowest BCUT2D eigenvalue weighted by atomic mass is 9.90. The predicted molar refractivity (Wildman–Crippen MR) is 103 cm³/mol. The Morgan fingerprint density at radius 3 is 2.78 bits per heavy atom. The van der Waals surface area contributed by atoms with Gasteiger partial charge in [-0.1, -0.05) is 18.2 Å². The molecule has 1 aliphatic carbocycles. The number of para-hydroxylation sites is 1. The van der Waals surface area contributed by atoms with Crippen LogP contribution in [0.5, 0.6) is 11.5 Å². The predicted octanol–water partition coefficient (Wildman–Crippen LogP) is 4.56. The van der Waals surface area contributed by atoms with E-state index >= 15 is 0 Å². The molecule has 0 bridgehead atoms. The number of hydrazone groups is 1. The molecule has 1 spiro atoms. The van der Waals surface area contributed by atoms with Crippen LogP contribution >= 0.6 is 0 Å². The Balaban J connectivity index is 1.60. The Bertz CT molecular complexity index is 935. The molecule has 2 heterocycles. The van der Waals surface area contributed by atoms with Gasteiger partial charge in [0.25, 0.3) is 0 Å². The fraction of sp³-hybridized carbons (Fsp3) is 0.318. The molecule has 2 aliphatic heterocycles. The molecule has 0 amide bonds. The fourth-order valence-electron chi connectivity index (χ4n) is 4.33. The number of aliphatic hydroxyl groups excluding tert-OH is 1. The molecule has 2 aromatic rings. The van der Waals surface area contributed by atoms with Crippen molar-refractivity contribution in [1.82, 2.24) is 5.01 Å². The standard InChI is InChI=1S/C22H22N2O3/c1-26-17-10-8-15(9-11-17)19-13-20-18-6-2-3-7-21(18)27-22(24(20)23-19)12-4-5-16(25)14-22/h2-3,6-11,14,20,25H,4-5,12-13H2,1H3/t20-,22+/m1/s1. The summed E-state index contributed by atoms with van der Waals surface area (Å²) in [7, 11) is 1.67. The van der Waals surface area contributed by atoms with Gasteiger partial charge in [0.05, 0.1) is 24.6 Å². The van der Waals surface area contributed by atoms with Crippen LogP contribution in [-0.4, -0.2) is 28.7 Å². The number of aliphatic hydroxyl groups is 1. The maximum Gasteiger partial charge on any atom is 0.220 e. The lowest BCUT2D eigenvalue weighted by molar-refractivity contribution is -0.0944. The van der Waals surface area contributed by atoms with E-state index in [1.807, 2.05) is 48.5 Å². The zero-order valence-electron chi connectivity index (χ0n) is 15.3. The molecule has 27 heavy (non-hydrogen) atoms.